The summed E-state index contributed by atoms with van der Waals surface area (Å²) in [6.07, 6.45) is 1.87. The van der Waals surface area contributed by atoms with E-state index >= 15 is 0 Å². The average Bonchev–Trinajstić information content (AvgIpc) is 2.12. The Morgan fingerprint density at radius 2 is 2.50 bits per heavy atom. The molecule has 1 atom stereocenters. The number of carbonyl (C=O) groups is 1. The molecule has 0 aromatic carbocycles. The first kappa shape index (κ1) is 6.48. The second kappa shape index (κ2) is 2.77. The van der Waals surface area contributed by atoms with Crippen LogP contribution in [0.3, 0.4) is 0 Å². The van der Waals surface area contributed by atoms with Gasteiger partial charge in [0.1, 0.15) is 6.10 Å². The smallest absolute Gasteiger partial charge is 0.220 e. The molecule has 1 rings (SSSR count). The van der Waals surface area contributed by atoms with Crippen molar-refractivity contribution in [2.75, 3.05) is 6.61 Å². The van der Waals surface area contributed by atoms with Crippen LogP contribution in [0.5, 0.6) is 0 Å². The highest BCUT2D eigenvalue weighted by molar-refractivity contribution is 14.1. The second-order valence-corrected chi connectivity index (χ2v) is 2.87. The Morgan fingerprint density at radius 3 is 2.75 bits per heavy atom. The third kappa shape index (κ3) is 1.42. The minimum absolute atomic E-state index is 0.0874. The van der Waals surface area contributed by atoms with Crippen molar-refractivity contribution in [1.29, 1.82) is 0 Å². The van der Waals surface area contributed by atoms with Gasteiger partial charge in [-0.25, -0.2) is 0 Å². The molecule has 8 heavy (non-hydrogen) atoms. The third-order valence-electron chi connectivity index (χ3n) is 1.18. The highest BCUT2D eigenvalue weighted by Crippen LogP contribution is 2.14. The van der Waals surface area contributed by atoms with E-state index in [1.165, 1.54) is 0 Å². The largest absolute Gasteiger partial charge is 0.370 e. The lowest BCUT2D eigenvalue weighted by Gasteiger charge is -1.99. The zero-order valence-corrected chi connectivity index (χ0v) is 6.55. The van der Waals surface area contributed by atoms with Gasteiger partial charge in [-0.15, -0.1) is 0 Å². The van der Waals surface area contributed by atoms with Crippen LogP contribution >= 0.6 is 22.6 Å². The summed E-state index contributed by atoms with van der Waals surface area (Å²) in [7, 11) is 0. The van der Waals surface area contributed by atoms with Gasteiger partial charge in [0.2, 0.25) is 3.79 Å². The first-order chi connectivity index (χ1) is 3.80. The van der Waals surface area contributed by atoms with E-state index in [2.05, 4.69) is 0 Å². The third-order valence-corrected chi connectivity index (χ3v) is 1.88. The number of ether oxygens (including phenoxy) is 1. The van der Waals surface area contributed by atoms with Gasteiger partial charge in [-0.1, -0.05) is 0 Å². The first-order valence-corrected chi connectivity index (χ1v) is 3.69. The second-order valence-electron chi connectivity index (χ2n) is 1.81. The Bertz CT molecular complexity index is 96.6. The van der Waals surface area contributed by atoms with E-state index in [0.717, 1.165) is 19.4 Å². The molecule has 0 N–H and O–H groups in total. The van der Waals surface area contributed by atoms with Crippen LogP contribution in [0.2, 0.25) is 0 Å². The predicted molar refractivity (Wildman–Crippen MR) is 38.0 cm³/mol. The van der Waals surface area contributed by atoms with Crippen molar-refractivity contribution in [1.82, 2.24) is 0 Å². The molecule has 1 aliphatic heterocycles. The molecule has 1 saturated heterocycles. The minimum atomic E-state index is -0.0874. The minimum Gasteiger partial charge on any atom is -0.370 e. The lowest BCUT2D eigenvalue weighted by molar-refractivity contribution is -0.117. The van der Waals surface area contributed by atoms with Crippen molar-refractivity contribution in [2.24, 2.45) is 0 Å². The summed E-state index contributed by atoms with van der Waals surface area (Å²) in [5, 5.41) is 0. The van der Waals surface area contributed by atoms with E-state index in [0.29, 0.717) is 0 Å². The highest BCUT2D eigenvalue weighted by atomic mass is 127. The average molecular weight is 226 g/mol. The van der Waals surface area contributed by atoms with Crippen molar-refractivity contribution < 1.29 is 9.53 Å². The van der Waals surface area contributed by atoms with Crippen molar-refractivity contribution in [3.8, 4) is 0 Å². The maximum Gasteiger partial charge on any atom is 0.220 e. The maximum atomic E-state index is 10.5. The van der Waals surface area contributed by atoms with Gasteiger partial charge in [-0.05, 0) is 12.8 Å². The van der Waals surface area contributed by atoms with Crippen LogP contribution < -0.4 is 0 Å². The van der Waals surface area contributed by atoms with Gasteiger partial charge in [0.25, 0.3) is 0 Å². The summed E-state index contributed by atoms with van der Waals surface area (Å²) in [4.78, 5) is 10.5. The van der Waals surface area contributed by atoms with Gasteiger partial charge in [0.15, 0.2) is 0 Å². The fourth-order valence-corrected chi connectivity index (χ4v) is 1.25. The predicted octanol–water partition coefficient (Wildman–Crippen LogP) is 1.13. The van der Waals surface area contributed by atoms with Crippen molar-refractivity contribution in [3.05, 3.63) is 0 Å². The fourth-order valence-electron chi connectivity index (χ4n) is 0.757. The summed E-state index contributed by atoms with van der Waals surface area (Å²) < 4.78 is 5.20. The molecule has 1 aliphatic rings. The molecule has 0 aromatic rings. The van der Waals surface area contributed by atoms with Gasteiger partial charge in [0, 0.05) is 29.2 Å². The Hall–Kier alpha value is 0.360. The van der Waals surface area contributed by atoms with Gasteiger partial charge in [0.05, 0.1) is 0 Å². The molecule has 0 saturated carbocycles. The van der Waals surface area contributed by atoms with Crippen molar-refractivity contribution >= 4 is 26.4 Å². The Morgan fingerprint density at radius 1 is 1.75 bits per heavy atom. The van der Waals surface area contributed by atoms with E-state index in [4.69, 9.17) is 4.74 Å². The molecule has 0 radical (unpaired) electrons. The zero-order chi connectivity index (χ0) is 5.98. The van der Waals surface area contributed by atoms with Crippen molar-refractivity contribution in [3.63, 3.8) is 0 Å². The lowest BCUT2D eigenvalue weighted by Crippen LogP contribution is -2.11. The maximum absolute atomic E-state index is 10.5. The summed E-state index contributed by atoms with van der Waals surface area (Å²) in [6.45, 7) is 0.763. The van der Waals surface area contributed by atoms with Gasteiger partial charge < -0.3 is 4.74 Å². The standard InChI is InChI=1S/C5H7IO2/c6-5(7)4-2-1-3-8-4/h4H,1-3H2/t4-/m1/s1. The molecule has 46 valence electrons. The number of hydrogen-bond donors (Lipinski definition) is 0. The van der Waals surface area contributed by atoms with E-state index in [-0.39, 0.29) is 9.89 Å². The molecular weight excluding hydrogens is 219 g/mol. The van der Waals surface area contributed by atoms with Crippen LogP contribution in [0, 0.1) is 0 Å². The molecule has 1 heterocycles. The lowest BCUT2D eigenvalue weighted by atomic mass is 10.3. The van der Waals surface area contributed by atoms with Crippen LogP contribution in [0.1, 0.15) is 12.8 Å². The summed E-state index contributed by atoms with van der Waals surface area (Å²) in [5.74, 6) is 0. The molecule has 0 aromatic heterocycles. The highest BCUT2D eigenvalue weighted by Gasteiger charge is 2.20. The van der Waals surface area contributed by atoms with Crippen LogP contribution in [-0.4, -0.2) is 16.5 Å². The Balaban J connectivity index is 2.35. The van der Waals surface area contributed by atoms with Crippen LogP contribution in [0.4, 0.5) is 0 Å². The fraction of sp³-hybridized carbons (Fsp3) is 0.800. The van der Waals surface area contributed by atoms with Gasteiger partial charge in [-0.3, -0.25) is 4.79 Å². The molecule has 2 nitrogen and oxygen atoms in total. The van der Waals surface area contributed by atoms with Crippen molar-refractivity contribution in [2.45, 2.75) is 18.9 Å². The summed E-state index contributed by atoms with van der Waals surface area (Å²) in [5.41, 5.74) is 0. The van der Waals surface area contributed by atoms with E-state index in [9.17, 15) is 4.79 Å². The van der Waals surface area contributed by atoms with Crippen LogP contribution in [0.15, 0.2) is 0 Å². The molecule has 0 aliphatic carbocycles. The number of halogens is 1. The summed E-state index contributed by atoms with van der Waals surface area (Å²) in [6, 6.07) is 0. The normalized spacial score (nSPS) is 28.4. The Kier molecular flexibility index (Phi) is 2.25. The molecule has 0 bridgehead atoms. The number of hydrogen-bond acceptors (Lipinski definition) is 2. The van der Waals surface area contributed by atoms with Gasteiger partial charge >= 0.3 is 0 Å². The SMILES string of the molecule is O=C(I)[C@H]1CCCO1. The van der Waals surface area contributed by atoms with E-state index < -0.39 is 0 Å². The quantitative estimate of drug-likeness (QED) is 0.494. The van der Waals surface area contributed by atoms with Crippen LogP contribution in [0.25, 0.3) is 0 Å². The topological polar surface area (TPSA) is 26.3 Å². The molecule has 1 fully saturated rings. The molecule has 0 unspecified atom stereocenters. The molecule has 0 spiro atoms. The summed E-state index contributed by atoms with van der Waals surface area (Å²) >= 11 is 1.78. The first-order valence-electron chi connectivity index (χ1n) is 2.61. The van der Waals surface area contributed by atoms with E-state index in [1.54, 1.807) is 22.6 Å². The number of rotatable bonds is 1. The monoisotopic (exact) mass is 226 g/mol. The van der Waals surface area contributed by atoms with Crippen LogP contribution in [-0.2, 0) is 9.53 Å². The molecular formula is C5H7IO2. The molecule has 3 heteroatoms. The van der Waals surface area contributed by atoms with E-state index in [1.807, 2.05) is 0 Å². The van der Waals surface area contributed by atoms with Gasteiger partial charge in [-0.2, -0.15) is 0 Å². The number of carbonyl (C=O) groups excluding carboxylic acids is 1. The zero-order valence-electron chi connectivity index (χ0n) is 4.39. The molecule has 0 amide bonds. The Labute approximate surface area is 61.7 Å².